The minimum absolute atomic E-state index is 0.315. The van der Waals surface area contributed by atoms with Crippen molar-refractivity contribution in [2.75, 3.05) is 18.6 Å². The third-order valence-corrected chi connectivity index (χ3v) is 7.05. The number of aryl methyl sites for hydroxylation is 2. The van der Waals surface area contributed by atoms with Gasteiger partial charge < -0.3 is 5.32 Å². The summed E-state index contributed by atoms with van der Waals surface area (Å²) in [4.78, 5) is 13.8. The van der Waals surface area contributed by atoms with Crippen LogP contribution < -0.4 is 10.0 Å². The molecule has 1 aliphatic heterocycles. The summed E-state index contributed by atoms with van der Waals surface area (Å²) in [6.07, 6.45) is 4.02. The third-order valence-electron chi connectivity index (χ3n) is 4.66. The molecule has 8 nitrogen and oxygen atoms in total. The summed E-state index contributed by atoms with van der Waals surface area (Å²) in [6.45, 7) is 1.83. The number of nitrogens with zero attached hydrogens (tertiary/aromatic N) is 3. The number of hydrogen-bond acceptors (Lipinski definition) is 5. The molecular formula is C17H23N5O3S2. The van der Waals surface area contributed by atoms with Crippen molar-refractivity contribution in [3.63, 3.8) is 0 Å². The zero-order valence-corrected chi connectivity index (χ0v) is 17.3. The van der Waals surface area contributed by atoms with Gasteiger partial charge in [-0.1, -0.05) is 12.1 Å². The van der Waals surface area contributed by atoms with Gasteiger partial charge >= 0.3 is 0 Å². The Kier molecular flexibility index (Phi) is 5.61. The number of nitrogens with one attached hydrogen (secondary N) is 2. The van der Waals surface area contributed by atoms with E-state index in [1.54, 1.807) is 17.9 Å². The Bertz CT molecular complexity index is 957. The Morgan fingerprint density at radius 2 is 2.04 bits per heavy atom. The number of likely N-dealkylation sites (N-methyl/N-ethyl adjacent to an activating group) is 1. The Balaban J connectivity index is 1.88. The van der Waals surface area contributed by atoms with Crippen molar-refractivity contribution in [2.24, 2.45) is 7.05 Å². The molecular weight excluding hydrogens is 386 g/mol. The van der Waals surface area contributed by atoms with Gasteiger partial charge in [-0.15, -0.1) is 11.8 Å². The van der Waals surface area contributed by atoms with E-state index in [-0.39, 0.29) is 5.91 Å². The van der Waals surface area contributed by atoms with Gasteiger partial charge in [-0.3, -0.25) is 9.48 Å². The summed E-state index contributed by atoms with van der Waals surface area (Å²) in [6, 6.07) is 6.11. The minimum atomic E-state index is -3.79. The summed E-state index contributed by atoms with van der Waals surface area (Å²) >= 11 is 1.52. The summed E-state index contributed by atoms with van der Waals surface area (Å²) < 4.78 is 30.5. The third kappa shape index (κ3) is 4.03. The zero-order chi connectivity index (χ0) is 19.8. The molecule has 1 fully saturated rings. The monoisotopic (exact) mass is 409 g/mol. The fourth-order valence-electron chi connectivity index (χ4n) is 3.24. The van der Waals surface area contributed by atoms with E-state index in [1.165, 1.54) is 18.8 Å². The van der Waals surface area contributed by atoms with Crippen molar-refractivity contribution < 1.29 is 13.2 Å². The van der Waals surface area contributed by atoms with Crippen LogP contribution in [-0.4, -0.2) is 47.8 Å². The van der Waals surface area contributed by atoms with Crippen LogP contribution in [-0.2, 0) is 22.1 Å². The van der Waals surface area contributed by atoms with E-state index < -0.39 is 22.3 Å². The van der Waals surface area contributed by atoms with Crippen molar-refractivity contribution >= 4 is 33.6 Å². The second kappa shape index (κ2) is 7.63. The topological polar surface area (TPSA) is 96.3 Å². The number of thioether (sulfide) groups is 1. The average Bonchev–Trinajstić information content (AvgIpc) is 2.95. The van der Waals surface area contributed by atoms with E-state index in [0.29, 0.717) is 12.1 Å². The van der Waals surface area contributed by atoms with Crippen LogP contribution >= 0.6 is 11.8 Å². The first-order chi connectivity index (χ1) is 12.7. The number of para-hydroxylation sites is 1. The number of carbonyl (C=O) groups excluding carboxylic acids is 1. The van der Waals surface area contributed by atoms with Gasteiger partial charge in [0, 0.05) is 30.8 Å². The first-order valence-corrected chi connectivity index (χ1v) is 11.1. The molecule has 2 heterocycles. The molecule has 146 valence electrons. The molecule has 27 heavy (non-hydrogen) atoms. The molecule has 0 aliphatic carbocycles. The number of rotatable bonds is 4. The van der Waals surface area contributed by atoms with Crippen molar-refractivity contribution in [2.45, 2.75) is 30.3 Å². The number of aromatic nitrogens is 2. The quantitative estimate of drug-likeness (QED) is 0.749. The second-order valence-electron chi connectivity index (χ2n) is 6.48. The van der Waals surface area contributed by atoms with Crippen LogP contribution in [0.1, 0.15) is 23.7 Å². The number of anilines is 1. The highest BCUT2D eigenvalue weighted by Gasteiger charge is 2.41. The molecule has 1 aliphatic rings. The lowest BCUT2D eigenvalue weighted by Gasteiger charge is -2.36. The summed E-state index contributed by atoms with van der Waals surface area (Å²) in [5.41, 5.74) is 2.19. The molecule has 0 unspecified atom stereocenters. The van der Waals surface area contributed by atoms with Crippen molar-refractivity contribution in [3.8, 4) is 0 Å². The first kappa shape index (κ1) is 19.9. The van der Waals surface area contributed by atoms with Crippen LogP contribution in [0.3, 0.4) is 0 Å². The number of amides is 1. The standard InChI is InChI=1S/C17H23N5O3S2/c1-11-12(10-21(2)19-11)14-9-15(22(3)27(24,25)20-14)17(23)18-13-7-5-6-8-16(13)26-4/h5-8,10,14-15,20H,9H2,1-4H3,(H,18,23)/t14-,15-/m1/s1. The van der Waals surface area contributed by atoms with E-state index in [1.807, 2.05) is 37.4 Å². The average molecular weight is 410 g/mol. The summed E-state index contributed by atoms with van der Waals surface area (Å²) in [5, 5.41) is 7.15. The molecule has 1 aromatic heterocycles. The van der Waals surface area contributed by atoms with Gasteiger partial charge in [-0.2, -0.15) is 22.5 Å². The first-order valence-electron chi connectivity index (χ1n) is 8.42. The fraction of sp³-hybridized carbons (Fsp3) is 0.412. The van der Waals surface area contributed by atoms with E-state index in [2.05, 4.69) is 15.1 Å². The van der Waals surface area contributed by atoms with Crippen LogP contribution in [0.5, 0.6) is 0 Å². The number of carbonyl (C=O) groups is 1. The highest BCUT2D eigenvalue weighted by Crippen LogP contribution is 2.31. The van der Waals surface area contributed by atoms with E-state index in [9.17, 15) is 13.2 Å². The van der Waals surface area contributed by atoms with Gasteiger partial charge in [-0.25, -0.2) is 0 Å². The Labute approximate surface area is 163 Å². The maximum Gasteiger partial charge on any atom is 0.280 e. The summed E-state index contributed by atoms with van der Waals surface area (Å²) in [5.74, 6) is -0.351. The largest absolute Gasteiger partial charge is 0.324 e. The molecule has 0 saturated carbocycles. The van der Waals surface area contributed by atoms with Gasteiger partial charge in [-0.05, 0) is 31.7 Å². The smallest absolute Gasteiger partial charge is 0.280 e. The van der Waals surface area contributed by atoms with Gasteiger partial charge in [0.05, 0.1) is 17.4 Å². The SMILES string of the molecule is CSc1ccccc1NC(=O)[C@H]1C[C@H](c2cn(C)nc2C)NS(=O)(=O)N1C. The van der Waals surface area contributed by atoms with Crippen molar-refractivity contribution in [1.82, 2.24) is 18.8 Å². The summed E-state index contributed by atoms with van der Waals surface area (Å²) in [7, 11) is -0.591. The van der Waals surface area contributed by atoms with Crippen LogP contribution in [0.15, 0.2) is 35.4 Å². The maximum atomic E-state index is 12.9. The molecule has 1 aromatic carbocycles. The Hall–Kier alpha value is -1.88. The lowest BCUT2D eigenvalue weighted by Crippen LogP contribution is -2.56. The Morgan fingerprint density at radius 3 is 2.67 bits per heavy atom. The molecule has 1 saturated heterocycles. The van der Waals surface area contributed by atoms with Crippen LogP contribution in [0, 0.1) is 6.92 Å². The van der Waals surface area contributed by atoms with Crippen molar-refractivity contribution in [1.29, 1.82) is 0 Å². The van der Waals surface area contributed by atoms with Crippen LogP contribution in [0.2, 0.25) is 0 Å². The second-order valence-corrected chi connectivity index (χ2v) is 9.09. The molecule has 1 amide bonds. The zero-order valence-electron chi connectivity index (χ0n) is 15.6. The normalized spacial score (nSPS) is 22.5. The van der Waals surface area contributed by atoms with Crippen LogP contribution in [0.4, 0.5) is 5.69 Å². The molecule has 2 atom stereocenters. The molecule has 10 heteroatoms. The van der Waals surface area contributed by atoms with Crippen LogP contribution in [0.25, 0.3) is 0 Å². The highest BCUT2D eigenvalue weighted by molar-refractivity contribution is 7.98. The lowest BCUT2D eigenvalue weighted by atomic mass is 10.00. The van der Waals surface area contributed by atoms with Gasteiger partial charge in [0.1, 0.15) is 6.04 Å². The number of benzene rings is 1. The molecule has 0 spiro atoms. The molecule has 0 radical (unpaired) electrons. The maximum absolute atomic E-state index is 12.9. The van der Waals surface area contributed by atoms with E-state index in [4.69, 9.17) is 0 Å². The molecule has 3 rings (SSSR count). The van der Waals surface area contributed by atoms with Crippen molar-refractivity contribution in [3.05, 3.63) is 41.7 Å². The Morgan fingerprint density at radius 1 is 1.33 bits per heavy atom. The van der Waals surface area contributed by atoms with E-state index >= 15 is 0 Å². The fourth-order valence-corrected chi connectivity index (χ4v) is 5.06. The predicted octanol–water partition coefficient (Wildman–Crippen LogP) is 1.67. The molecule has 0 bridgehead atoms. The van der Waals surface area contributed by atoms with Gasteiger partial charge in [0.25, 0.3) is 10.2 Å². The molecule has 2 aromatic rings. The van der Waals surface area contributed by atoms with Gasteiger partial charge in [0.2, 0.25) is 5.91 Å². The highest BCUT2D eigenvalue weighted by atomic mass is 32.2. The predicted molar refractivity (Wildman–Crippen MR) is 106 cm³/mol. The number of hydrogen-bond donors (Lipinski definition) is 2. The van der Waals surface area contributed by atoms with Gasteiger partial charge in [0.15, 0.2) is 0 Å². The minimum Gasteiger partial charge on any atom is -0.324 e. The lowest BCUT2D eigenvalue weighted by molar-refractivity contribution is -0.120. The van der Waals surface area contributed by atoms with E-state index in [0.717, 1.165) is 20.5 Å². The molecule has 2 N–H and O–H groups in total.